The number of nitrogens with one attached hydrogen (secondary N) is 1. The molecular weight excluding hydrogens is 218 g/mol. The first-order valence-corrected chi connectivity index (χ1v) is 5.89. The minimum absolute atomic E-state index is 0.682. The standard InChI is InChI=1S/C12H11N3S/c13-9-10-3-1-2-4-11(10)14-6-5-12-15-7-8-16-12/h1-4,7-8,14H,5-6H2. The third-order valence-corrected chi connectivity index (χ3v) is 3.02. The summed E-state index contributed by atoms with van der Waals surface area (Å²) < 4.78 is 0. The molecule has 1 aromatic heterocycles. The van der Waals surface area contributed by atoms with Crippen molar-refractivity contribution in [2.75, 3.05) is 11.9 Å². The normalized spacial score (nSPS) is 9.69. The quantitative estimate of drug-likeness (QED) is 0.876. The van der Waals surface area contributed by atoms with Gasteiger partial charge in [0, 0.05) is 24.5 Å². The van der Waals surface area contributed by atoms with Crippen molar-refractivity contribution in [2.24, 2.45) is 0 Å². The summed E-state index contributed by atoms with van der Waals surface area (Å²) in [5.74, 6) is 0. The van der Waals surface area contributed by atoms with Gasteiger partial charge in [0.25, 0.3) is 0 Å². The Morgan fingerprint density at radius 3 is 3.00 bits per heavy atom. The molecule has 2 rings (SSSR count). The van der Waals surface area contributed by atoms with E-state index in [0.29, 0.717) is 5.56 Å². The lowest BCUT2D eigenvalue weighted by atomic mass is 10.2. The van der Waals surface area contributed by atoms with Gasteiger partial charge in [-0.05, 0) is 12.1 Å². The number of benzene rings is 1. The number of hydrogen-bond donors (Lipinski definition) is 1. The van der Waals surface area contributed by atoms with E-state index in [1.54, 1.807) is 11.3 Å². The van der Waals surface area contributed by atoms with Crippen LogP contribution in [0.5, 0.6) is 0 Å². The van der Waals surface area contributed by atoms with Crippen LogP contribution in [0.2, 0.25) is 0 Å². The zero-order valence-corrected chi connectivity index (χ0v) is 9.50. The van der Waals surface area contributed by atoms with Crippen LogP contribution in [0.1, 0.15) is 10.6 Å². The number of thiazole rings is 1. The van der Waals surface area contributed by atoms with E-state index in [-0.39, 0.29) is 0 Å². The van der Waals surface area contributed by atoms with E-state index in [9.17, 15) is 0 Å². The summed E-state index contributed by atoms with van der Waals surface area (Å²) in [7, 11) is 0. The van der Waals surface area contributed by atoms with Crippen molar-refractivity contribution < 1.29 is 0 Å². The SMILES string of the molecule is N#Cc1ccccc1NCCc1nccs1. The highest BCUT2D eigenvalue weighted by atomic mass is 32.1. The van der Waals surface area contributed by atoms with Crippen LogP contribution in [0.4, 0.5) is 5.69 Å². The van der Waals surface area contributed by atoms with Crippen LogP contribution in [-0.4, -0.2) is 11.5 Å². The molecule has 0 spiro atoms. The summed E-state index contributed by atoms with van der Waals surface area (Å²) in [4.78, 5) is 4.20. The van der Waals surface area contributed by atoms with Gasteiger partial charge in [0.2, 0.25) is 0 Å². The summed E-state index contributed by atoms with van der Waals surface area (Å²) in [5, 5.41) is 15.2. The molecule has 2 aromatic rings. The first kappa shape index (κ1) is 10.7. The van der Waals surface area contributed by atoms with Gasteiger partial charge in [-0.25, -0.2) is 4.98 Å². The Morgan fingerprint density at radius 2 is 2.25 bits per heavy atom. The highest BCUT2D eigenvalue weighted by Crippen LogP contribution is 2.13. The van der Waals surface area contributed by atoms with E-state index in [1.807, 2.05) is 35.8 Å². The second kappa shape index (κ2) is 5.29. The first-order valence-electron chi connectivity index (χ1n) is 5.01. The first-order chi connectivity index (χ1) is 7.90. The molecule has 80 valence electrons. The number of hydrogen-bond acceptors (Lipinski definition) is 4. The summed E-state index contributed by atoms with van der Waals surface area (Å²) in [6, 6.07) is 9.68. The van der Waals surface area contributed by atoms with E-state index < -0.39 is 0 Å². The van der Waals surface area contributed by atoms with E-state index in [4.69, 9.17) is 5.26 Å². The molecule has 0 fully saturated rings. The monoisotopic (exact) mass is 229 g/mol. The van der Waals surface area contributed by atoms with Gasteiger partial charge in [0.1, 0.15) is 6.07 Å². The maximum absolute atomic E-state index is 8.90. The molecule has 0 atom stereocenters. The molecule has 0 unspecified atom stereocenters. The molecule has 1 N–H and O–H groups in total. The van der Waals surface area contributed by atoms with Gasteiger partial charge in [0.15, 0.2) is 0 Å². The second-order valence-corrected chi connectivity index (χ2v) is 4.24. The van der Waals surface area contributed by atoms with E-state index in [2.05, 4.69) is 16.4 Å². The van der Waals surface area contributed by atoms with Crippen LogP contribution in [0, 0.1) is 11.3 Å². The van der Waals surface area contributed by atoms with Crippen molar-refractivity contribution in [3.05, 3.63) is 46.4 Å². The fourth-order valence-electron chi connectivity index (χ4n) is 1.42. The molecule has 16 heavy (non-hydrogen) atoms. The maximum Gasteiger partial charge on any atom is 0.101 e. The molecule has 0 aliphatic heterocycles. The molecule has 0 aliphatic rings. The Morgan fingerprint density at radius 1 is 1.38 bits per heavy atom. The van der Waals surface area contributed by atoms with Crippen molar-refractivity contribution in [1.29, 1.82) is 5.26 Å². The van der Waals surface area contributed by atoms with Gasteiger partial charge in [-0.1, -0.05) is 12.1 Å². The van der Waals surface area contributed by atoms with Gasteiger partial charge in [-0.2, -0.15) is 5.26 Å². The van der Waals surface area contributed by atoms with Gasteiger partial charge in [-0.3, -0.25) is 0 Å². The third-order valence-electron chi connectivity index (χ3n) is 2.19. The summed E-state index contributed by atoms with van der Waals surface area (Å²) >= 11 is 1.65. The van der Waals surface area contributed by atoms with Gasteiger partial charge >= 0.3 is 0 Å². The zero-order chi connectivity index (χ0) is 11.2. The highest BCUT2D eigenvalue weighted by molar-refractivity contribution is 7.09. The Labute approximate surface area is 98.4 Å². The molecule has 1 aromatic carbocycles. The van der Waals surface area contributed by atoms with Gasteiger partial charge < -0.3 is 5.32 Å². The smallest absolute Gasteiger partial charge is 0.101 e. The predicted molar refractivity (Wildman–Crippen MR) is 65.5 cm³/mol. The van der Waals surface area contributed by atoms with Crippen molar-refractivity contribution in [1.82, 2.24) is 4.98 Å². The second-order valence-electron chi connectivity index (χ2n) is 3.26. The van der Waals surface area contributed by atoms with Crippen LogP contribution in [0.15, 0.2) is 35.8 Å². The number of nitriles is 1. The van der Waals surface area contributed by atoms with Crippen molar-refractivity contribution in [3.8, 4) is 6.07 Å². The maximum atomic E-state index is 8.90. The average molecular weight is 229 g/mol. The van der Waals surface area contributed by atoms with Gasteiger partial charge in [-0.15, -0.1) is 11.3 Å². The van der Waals surface area contributed by atoms with Crippen molar-refractivity contribution >= 4 is 17.0 Å². The molecule has 1 heterocycles. The van der Waals surface area contributed by atoms with Crippen LogP contribution < -0.4 is 5.32 Å². The number of para-hydroxylation sites is 1. The highest BCUT2D eigenvalue weighted by Gasteiger charge is 2.00. The topological polar surface area (TPSA) is 48.7 Å². The molecule has 0 saturated heterocycles. The fraction of sp³-hybridized carbons (Fsp3) is 0.167. The van der Waals surface area contributed by atoms with Crippen molar-refractivity contribution in [2.45, 2.75) is 6.42 Å². The lowest BCUT2D eigenvalue weighted by Crippen LogP contribution is -2.05. The average Bonchev–Trinajstić information content (AvgIpc) is 2.83. The van der Waals surface area contributed by atoms with E-state index in [1.165, 1.54) is 0 Å². The van der Waals surface area contributed by atoms with E-state index in [0.717, 1.165) is 23.7 Å². The molecule has 4 heteroatoms. The molecule has 0 saturated carbocycles. The molecule has 0 bridgehead atoms. The molecule has 3 nitrogen and oxygen atoms in total. The predicted octanol–water partition coefficient (Wildman–Crippen LogP) is 2.67. The van der Waals surface area contributed by atoms with Crippen LogP contribution in [0.3, 0.4) is 0 Å². The van der Waals surface area contributed by atoms with Crippen LogP contribution >= 0.6 is 11.3 Å². The summed E-state index contributed by atoms with van der Waals surface area (Å²) in [5.41, 5.74) is 1.57. The lowest BCUT2D eigenvalue weighted by molar-refractivity contribution is 0.997. The number of aromatic nitrogens is 1. The zero-order valence-electron chi connectivity index (χ0n) is 8.68. The van der Waals surface area contributed by atoms with E-state index >= 15 is 0 Å². The Hall–Kier alpha value is -1.86. The van der Waals surface area contributed by atoms with Crippen LogP contribution in [-0.2, 0) is 6.42 Å². The van der Waals surface area contributed by atoms with Crippen LogP contribution in [0.25, 0.3) is 0 Å². The molecule has 0 radical (unpaired) electrons. The number of rotatable bonds is 4. The minimum Gasteiger partial charge on any atom is -0.384 e. The summed E-state index contributed by atoms with van der Waals surface area (Å²) in [6.07, 6.45) is 2.70. The molecular formula is C12H11N3S. The summed E-state index contributed by atoms with van der Waals surface area (Å²) in [6.45, 7) is 0.798. The number of nitrogens with zero attached hydrogens (tertiary/aromatic N) is 2. The molecule has 0 aliphatic carbocycles. The largest absolute Gasteiger partial charge is 0.384 e. The fourth-order valence-corrected chi connectivity index (χ4v) is 2.04. The lowest BCUT2D eigenvalue weighted by Gasteiger charge is -2.06. The Balaban J connectivity index is 1.93. The van der Waals surface area contributed by atoms with Crippen molar-refractivity contribution in [3.63, 3.8) is 0 Å². The Bertz CT molecular complexity index is 485. The Kier molecular flexibility index (Phi) is 3.52. The number of anilines is 1. The third kappa shape index (κ3) is 2.59. The minimum atomic E-state index is 0.682. The van der Waals surface area contributed by atoms with Gasteiger partial charge in [0.05, 0.1) is 16.3 Å². The molecule has 0 amide bonds.